The van der Waals surface area contributed by atoms with Gasteiger partial charge in [0.2, 0.25) is 0 Å². The van der Waals surface area contributed by atoms with E-state index in [4.69, 9.17) is 5.73 Å². The maximum Gasteiger partial charge on any atom is 0.259 e. The molecule has 1 amide bonds. The van der Waals surface area contributed by atoms with Gasteiger partial charge >= 0.3 is 0 Å². The Labute approximate surface area is 112 Å². The second kappa shape index (κ2) is 4.84. The van der Waals surface area contributed by atoms with Gasteiger partial charge in [0, 0.05) is 30.6 Å². The lowest BCUT2D eigenvalue weighted by Gasteiger charge is -2.22. The molecular formula is C12H20N4OS. The Kier molecular flexibility index (Phi) is 3.56. The lowest BCUT2D eigenvalue weighted by Crippen LogP contribution is -2.33. The Hall–Kier alpha value is -1.17. The molecule has 0 unspecified atom stereocenters. The van der Waals surface area contributed by atoms with Crippen molar-refractivity contribution in [2.75, 3.05) is 24.6 Å². The zero-order valence-corrected chi connectivity index (χ0v) is 12.0. The number of thioether (sulfide) groups is 1. The standard InChI is InChI=1S/C12H20N4OS/c1-12(2)4-5-16(6-7-18-12)11(17)9-8-14-15(3)10(9)13/h8H,4-7,13H2,1-3H3. The van der Waals surface area contributed by atoms with Crippen molar-refractivity contribution in [3.8, 4) is 0 Å². The largest absolute Gasteiger partial charge is 0.383 e. The van der Waals surface area contributed by atoms with E-state index in [2.05, 4.69) is 18.9 Å². The van der Waals surface area contributed by atoms with Crippen molar-refractivity contribution < 1.29 is 4.79 Å². The van der Waals surface area contributed by atoms with Crippen LogP contribution >= 0.6 is 11.8 Å². The summed E-state index contributed by atoms with van der Waals surface area (Å²) < 4.78 is 1.78. The van der Waals surface area contributed by atoms with Gasteiger partial charge in [-0.3, -0.25) is 9.48 Å². The third kappa shape index (κ3) is 2.63. The summed E-state index contributed by atoms with van der Waals surface area (Å²) in [4.78, 5) is 14.3. The van der Waals surface area contributed by atoms with Crippen molar-refractivity contribution in [3.05, 3.63) is 11.8 Å². The predicted molar refractivity (Wildman–Crippen MR) is 74.7 cm³/mol. The highest BCUT2D eigenvalue weighted by molar-refractivity contribution is 8.00. The maximum absolute atomic E-state index is 12.4. The first-order chi connectivity index (χ1) is 8.41. The van der Waals surface area contributed by atoms with Gasteiger partial charge in [-0.1, -0.05) is 13.8 Å². The third-order valence-electron chi connectivity index (χ3n) is 3.34. The minimum atomic E-state index is -0.00102. The molecule has 100 valence electrons. The summed E-state index contributed by atoms with van der Waals surface area (Å²) in [6.07, 6.45) is 2.56. The molecule has 2 N–H and O–H groups in total. The Balaban J connectivity index is 2.12. The summed E-state index contributed by atoms with van der Waals surface area (Å²) in [6.45, 7) is 6.02. The number of nitrogens with zero attached hydrogens (tertiary/aromatic N) is 3. The number of aryl methyl sites for hydroxylation is 1. The fourth-order valence-electron chi connectivity index (χ4n) is 2.01. The van der Waals surface area contributed by atoms with Gasteiger partial charge in [-0.05, 0) is 6.42 Å². The second-order valence-corrected chi connectivity index (χ2v) is 7.02. The van der Waals surface area contributed by atoms with Crippen LogP contribution in [0.25, 0.3) is 0 Å². The van der Waals surface area contributed by atoms with Crippen LogP contribution in [0.15, 0.2) is 6.20 Å². The topological polar surface area (TPSA) is 64.2 Å². The van der Waals surface area contributed by atoms with Crippen LogP contribution in [0.3, 0.4) is 0 Å². The van der Waals surface area contributed by atoms with Crippen molar-refractivity contribution in [2.24, 2.45) is 7.05 Å². The van der Waals surface area contributed by atoms with Crippen LogP contribution in [-0.2, 0) is 7.05 Å². The van der Waals surface area contributed by atoms with Crippen LogP contribution in [-0.4, -0.2) is 44.2 Å². The zero-order valence-electron chi connectivity index (χ0n) is 11.1. The summed E-state index contributed by atoms with van der Waals surface area (Å²) in [6, 6.07) is 0. The van der Waals surface area contributed by atoms with Crippen LogP contribution in [0.2, 0.25) is 0 Å². The molecule has 1 fully saturated rings. The molecule has 0 bridgehead atoms. The molecule has 1 saturated heterocycles. The summed E-state index contributed by atoms with van der Waals surface area (Å²) >= 11 is 1.92. The van der Waals surface area contributed by atoms with Gasteiger partial charge in [0.25, 0.3) is 5.91 Å². The molecule has 0 spiro atoms. The minimum Gasteiger partial charge on any atom is -0.383 e. The first kappa shape index (κ1) is 13.3. The highest BCUT2D eigenvalue weighted by Crippen LogP contribution is 2.31. The SMILES string of the molecule is Cn1ncc(C(=O)N2CCSC(C)(C)CC2)c1N. The Bertz CT molecular complexity index is 455. The molecule has 0 atom stereocenters. The highest BCUT2D eigenvalue weighted by Gasteiger charge is 2.27. The third-order valence-corrected chi connectivity index (χ3v) is 4.71. The van der Waals surface area contributed by atoms with Crippen LogP contribution in [0.1, 0.15) is 30.6 Å². The quantitative estimate of drug-likeness (QED) is 0.835. The monoisotopic (exact) mass is 268 g/mol. The van der Waals surface area contributed by atoms with Crippen LogP contribution in [0.5, 0.6) is 0 Å². The van der Waals surface area contributed by atoms with E-state index in [-0.39, 0.29) is 10.7 Å². The molecule has 1 aromatic rings. The molecule has 5 nitrogen and oxygen atoms in total. The van der Waals surface area contributed by atoms with E-state index < -0.39 is 0 Å². The summed E-state index contributed by atoms with van der Waals surface area (Å²) in [5, 5.41) is 4.02. The van der Waals surface area contributed by atoms with E-state index >= 15 is 0 Å². The number of hydrogen-bond donors (Lipinski definition) is 1. The normalized spacial score (nSPS) is 19.6. The fourth-order valence-corrected chi connectivity index (χ4v) is 3.11. The highest BCUT2D eigenvalue weighted by atomic mass is 32.2. The van der Waals surface area contributed by atoms with Crippen molar-refractivity contribution in [2.45, 2.75) is 25.0 Å². The molecule has 1 aliphatic rings. The molecule has 0 saturated carbocycles. The van der Waals surface area contributed by atoms with Crippen molar-refractivity contribution in [1.29, 1.82) is 0 Å². The van der Waals surface area contributed by atoms with E-state index in [1.807, 2.05) is 16.7 Å². The van der Waals surface area contributed by atoms with Gasteiger partial charge in [-0.2, -0.15) is 16.9 Å². The van der Waals surface area contributed by atoms with Crippen molar-refractivity contribution >= 4 is 23.5 Å². The molecular weight excluding hydrogens is 248 g/mol. The van der Waals surface area contributed by atoms with Crippen molar-refractivity contribution in [1.82, 2.24) is 14.7 Å². The Morgan fingerprint density at radius 3 is 2.83 bits per heavy atom. The molecule has 0 aliphatic carbocycles. The molecule has 2 rings (SSSR count). The number of anilines is 1. The number of nitrogens with two attached hydrogens (primary N) is 1. The summed E-state index contributed by atoms with van der Waals surface area (Å²) in [5.74, 6) is 1.41. The summed E-state index contributed by atoms with van der Waals surface area (Å²) in [7, 11) is 1.74. The minimum absolute atomic E-state index is 0.00102. The average Bonchev–Trinajstić information content (AvgIpc) is 2.53. The van der Waals surface area contributed by atoms with E-state index in [0.29, 0.717) is 11.4 Å². The fraction of sp³-hybridized carbons (Fsp3) is 0.667. The molecule has 1 aliphatic heterocycles. The van der Waals surface area contributed by atoms with Gasteiger partial charge in [-0.15, -0.1) is 0 Å². The van der Waals surface area contributed by atoms with E-state index in [1.165, 1.54) is 4.68 Å². The molecule has 2 heterocycles. The second-order valence-electron chi connectivity index (χ2n) is 5.22. The first-order valence-corrected chi connectivity index (χ1v) is 7.10. The molecule has 1 aromatic heterocycles. The molecule has 6 heteroatoms. The van der Waals surface area contributed by atoms with Gasteiger partial charge in [0.15, 0.2) is 0 Å². The van der Waals surface area contributed by atoms with Gasteiger partial charge in [0.05, 0.1) is 6.20 Å². The van der Waals surface area contributed by atoms with Crippen molar-refractivity contribution in [3.63, 3.8) is 0 Å². The van der Waals surface area contributed by atoms with Gasteiger partial charge < -0.3 is 10.6 Å². The van der Waals surface area contributed by atoms with Crippen LogP contribution < -0.4 is 5.73 Å². The Morgan fingerprint density at radius 2 is 2.22 bits per heavy atom. The number of amides is 1. The number of carbonyl (C=O) groups excluding carboxylic acids is 1. The molecule has 18 heavy (non-hydrogen) atoms. The zero-order chi connectivity index (χ0) is 13.3. The Morgan fingerprint density at radius 1 is 1.50 bits per heavy atom. The predicted octanol–water partition coefficient (Wildman–Crippen LogP) is 1.36. The number of hydrogen-bond acceptors (Lipinski definition) is 4. The first-order valence-electron chi connectivity index (χ1n) is 6.11. The number of nitrogen functional groups attached to an aromatic ring is 1. The lowest BCUT2D eigenvalue weighted by atomic mass is 10.1. The smallest absolute Gasteiger partial charge is 0.259 e. The number of carbonyl (C=O) groups is 1. The lowest BCUT2D eigenvalue weighted by molar-refractivity contribution is 0.0765. The van der Waals surface area contributed by atoms with E-state index in [9.17, 15) is 4.79 Å². The van der Waals surface area contributed by atoms with Gasteiger partial charge in [0.1, 0.15) is 11.4 Å². The maximum atomic E-state index is 12.4. The van der Waals surface area contributed by atoms with Crippen LogP contribution in [0.4, 0.5) is 5.82 Å². The van der Waals surface area contributed by atoms with Crippen LogP contribution in [0, 0.1) is 0 Å². The molecule has 0 aromatic carbocycles. The summed E-state index contributed by atoms with van der Waals surface area (Å²) in [5.41, 5.74) is 6.37. The van der Waals surface area contributed by atoms with E-state index in [1.54, 1.807) is 13.2 Å². The van der Waals surface area contributed by atoms with Gasteiger partial charge in [-0.25, -0.2) is 0 Å². The number of aromatic nitrogens is 2. The average molecular weight is 268 g/mol. The van der Waals surface area contributed by atoms with E-state index in [0.717, 1.165) is 25.3 Å². The molecule has 0 radical (unpaired) electrons. The number of rotatable bonds is 1.